The summed E-state index contributed by atoms with van der Waals surface area (Å²) in [6, 6.07) is 0. The molecule has 0 radical (unpaired) electrons. The second-order valence-electron chi connectivity index (χ2n) is 0.808. The van der Waals surface area contributed by atoms with Crippen LogP contribution < -0.4 is 5.32 Å². The summed E-state index contributed by atoms with van der Waals surface area (Å²) in [6.45, 7) is 0. The van der Waals surface area contributed by atoms with E-state index in [9.17, 15) is 0 Å². The number of rotatable bonds is 1. The molecule has 0 unspecified atom stereocenters. The Bertz CT molecular complexity index is 48.1. The van der Waals surface area contributed by atoms with E-state index in [0.717, 1.165) is 5.45 Å². The molecule has 0 heterocycles. The van der Waals surface area contributed by atoms with Gasteiger partial charge in [0.1, 0.15) is 0 Å². The topological polar surface area (TPSA) is 12.0 Å². The molecule has 0 amide bonds. The molecule has 5 heteroatoms. The standard InChI is InChI=1S/C2H3Br4N/c3-1-7-2(4,5)6/h7H,1H2. The van der Waals surface area contributed by atoms with Crippen LogP contribution in [0.15, 0.2) is 0 Å². The molecule has 0 aromatic heterocycles. The van der Waals surface area contributed by atoms with Crippen molar-refractivity contribution in [2.24, 2.45) is 0 Å². The van der Waals surface area contributed by atoms with Gasteiger partial charge in [-0.3, -0.25) is 5.32 Å². The van der Waals surface area contributed by atoms with Gasteiger partial charge in [0.05, 0.1) is 5.45 Å². The molecule has 1 N–H and O–H groups in total. The first-order valence-electron chi connectivity index (χ1n) is 1.44. The number of halogens is 4. The highest BCUT2D eigenvalue weighted by Gasteiger charge is 2.13. The highest BCUT2D eigenvalue weighted by atomic mass is 80.0. The van der Waals surface area contributed by atoms with Crippen molar-refractivity contribution >= 4 is 63.7 Å². The average Bonchev–Trinajstić information content (AvgIpc) is 1.30. The first-order valence-corrected chi connectivity index (χ1v) is 4.94. The molecule has 0 aliphatic rings. The van der Waals surface area contributed by atoms with Crippen molar-refractivity contribution in [2.45, 2.75) is 2.27 Å². The van der Waals surface area contributed by atoms with Crippen LogP contribution in [0, 0.1) is 0 Å². The molecule has 0 rings (SSSR count). The lowest BCUT2D eigenvalue weighted by atomic mass is 11.3. The van der Waals surface area contributed by atoms with Gasteiger partial charge in [0.2, 0.25) is 0 Å². The Labute approximate surface area is 76.1 Å². The summed E-state index contributed by atoms with van der Waals surface area (Å²) in [7, 11) is 0. The van der Waals surface area contributed by atoms with E-state index in [0.29, 0.717) is 0 Å². The van der Waals surface area contributed by atoms with Crippen molar-refractivity contribution in [2.75, 3.05) is 5.45 Å². The Kier molecular flexibility index (Phi) is 4.85. The van der Waals surface area contributed by atoms with Gasteiger partial charge in [0, 0.05) is 0 Å². The normalized spacial score (nSPS) is 12.0. The van der Waals surface area contributed by atoms with Gasteiger partial charge in [0.15, 0.2) is 2.27 Å². The fraction of sp³-hybridized carbons (Fsp3) is 1.00. The summed E-state index contributed by atoms with van der Waals surface area (Å²) in [5.41, 5.74) is 0.731. The van der Waals surface area contributed by atoms with E-state index >= 15 is 0 Å². The molecule has 0 atom stereocenters. The summed E-state index contributed by atoms with van der Waals surface area (Å²) >= 11 is 12.9. The number of nitrogens with one attached hydrogen (secondary N) is 1. The highest BCUT2D eigenvalue weighted by molar-refractivity contribution is 9.39. The Hall–Kier alpha value is 1.88. The van der Waals surface area contributed by atoms with Crippen LogP contribution in [0.1, 0.15) is 0 Å². The molecule has 0 spiro atoms. The van der Waals surface area contributed by atoms with E-state index in [1.54, 1.807) is 0 Å². The first-order chi connectivity index (χ1) is 3.06. The monoisotopic (exact) mass is 357 g/mol. The van der Waals surface area contributed by atoms with Gasteiger partial charge in [-0.2, -0.15) is 0 Å². The van der Waals surface area contributed by atoms with Gasteiger partial charge in [0.25, 0.3) is 0 Å². The van der Waals surface area contributed by atoms with Crippen molar-refractivity contribution in [1.82, 2.24) is 5.32 Å². The van der Waals surface area contributed by atoms with E-state index in [-0.39, 0.29) is 2.27 Å². The average molecular weight is 361 g/mol. The van der Waals surface area contributed by atoms with Crippen molar-refractivity contribution in [3.8, 4) is 0 Å². The zero-order valence-corrected chi connectivity index (χ0v) is 9.56. The summed E-state index contributed by atoms with van der Waals surface area (Å²) in [5.74, 6) is 0. The fourth-order valence-electron chi connectivity index (χ4n) is 0.0758. The zero-order chi connectivity index (χ0) is 5.91. The molecule has 0 fully saturated rings. The maximum Gasteiger partial charge on any atom is 0.186 e. The van der Waals surface area contributed by atoms with Crippen LogP contribution in [0.4, 0.5) is 0 Å². The van der Waals surface area contributed by atoms with Gasteiger partial charge >= 0.3 is 0 Å². The Morgan fingerprint density at radius 1 is 1.29 bits per heavy atom. The van der Waals surface area contributed by atoms with Crippen LogP contribution in [0.5, 0.6) is 0 Å². The Morgan fingerprint density at radius 2 is 1.71 bits per heavy atom. The van der Waals surface area contributed by atoms with Gasteiger partial charge in [-0.05, 0) is 47.8 Å². The quantitative estimate of drug-likeness (QED) is 0.560. The predicted molar refractivity (Wildman–Crippen MR) is 46.4 cm³/mol. The third kappa shape index (κ3) is 7.88. The maximum absolute atomic E-state index is 3.23. The Balaban J connectivity index is 3.15. The predicted octanol–water partition coefficient (Wildman–Crippen LogP) is 2.72. The molecule has 7 heavy (non-hydrogen) atoms. The van der Waals surface area contributed by atoms with Crippen molar-refractivity contribution < 1.29 is 0 Å². The maximum atomic E-state index is 3.23. The molecule has 1 nitrogen and oxygen atoms in total. The van der Waals surface area contributed by atoms with Gasteiger partial charge in [-0.1, -0.05) is 15.9 Å². The minimum atomic E-state index is -0.309. The molecule has 0 aliphatic carbocycles. The molecule has 0 saturated heterocycles. The molecule has 0 aliphatic heterocycles. The van der Waals surface area contributed by atoms with E-state index in [2.05, 4.69) is 69.0 Å². The molecule has 0 bridgehead atoms. The molecular formula is C2H3Br4N. The van der Waals surface area contributed by atoms with Crippen molar-refractivity contribution in [3.05, 3.63) is 0 Å². The van der Waals surface area contributed by atoms with Gasteiger partial charge in [-0.25, -0.2) is 0 Å². The van der Waals surface area contributed by atoms with Crippen LogP contribution in [0.3, 0.4) is 0 Å². The van der Waals surface area contributed by atoms with Crippen LogP contribution in [0.2, 0.25) is 0 Å². The second kappa shape index (κ2) is 3.82. The van der Waals surface area contributed by atoms with Crippen molar-refractivity contribution in [1.29, 1.82) is 0 Å². The van der Waals surface area contributed by atoms with E-state index in [1.807, 2.05) is 0 Å². The van der Waals surface area contributed by atoms with E-state index in [1.165, 1.54) is 0 Å². The number of hydrogen-bond donors (Lipinski definition) is 1. The van der Waals surface area contributed by atoms with Crippen LogP contribution in [-0.2, 0) is 0 Å². The molecule has 0 aromatic rings. The van der Waals surface area contributed by atoms with Gasteiger partial charge < -0.3 is 0 Å². The third-order valence-electron chi connectivity index (χ3n) is 0.267. The van der Waals surface area contributed by atoms with Crippen LogP contribution >= 0.6 is 63.7 Å². The molecule has 44 valence electrons. The summed E-state index contributed by atoms with van der Waals surface area (Å²) in [5, 5.41) is 2.95. The summed E-state index contributed by atoms with van der Waals surface area (Å²) in [6.07, 6.45) is 0. The lowest BCUT2D eigenvalue weighted by Crippen LogP contribution is -2.24. The zero-order valence-electron chi connectivity index (χ0n) is 3.22. The molecular weight excluding hydrogens is 358 g/mol. The van der Waals surface area contributed by atoms with Crippen LogP contribution in [-0.4, -0.2) is 7.72 Å². The fourth-order valence-corrected chi connectivity index (χ4v) is 2.05. The van der Waals surface area contributed by atoms with E-state index in [4.69, 9.17) is 0 Å². The third-order valence-corrected chi connectivity index (χ3v) is 1.39. The smallest absolute Gasteiger partial charge is 0.186 e. The van der Waals surface area contributed by atoms with E-state index < -0.39 is 0 Å². The second-order valence-corrected chi connectivity index (χ2v) is 8.13. The summed E-state index contributed by atoms with van der Waals surface area (Å²) in [4.78, 5) is 0. The lowest BCUT2D eigenvalue weighted by molar-refractivity contribution is 0.905. The molecule has 0 saturated carbocycles. The molecule has 0 aromatic carbocycles. The summed E-state index contributed by atoms with van der Waals surface area (Å²) < 4.78 is -0.309. The van der Waals surface area contributed by atoms with Gasteiger partial charge in [-0.15, -0.1) is 0 Å². The largest absolute Gasteiger partial charge is 0.275 e. The lowest BCUT2D eigenvalue weighted by Gasteiger charge is -2.09. The minimum absolute atomic E-state index is 0.309. The Morgan fingerprint density at radius 3 is 1.71 bits per heavy atom. The number of alkyl halides is 4. The number of hydrogen-bond acceptors (Lipinski definition) is 1. The van der Waals surface area contributed by atoms with Crippen LogP contribution in [0.25, 0.3) is 0 Å². The highest BCUT2D eigenvalue weighted by Crippen LogP contribution is 2.29. The first kappa shape index (κ1) is 8.88. The minimum Gasteiger partial charge on any atom is -0.275 e. The SMILES string of the molecule is BrCNC(Br)(Br)Br. The van der Waals surface area contributed by atoms with Crippen molar-refractivity contribution in [3.63, 3.8) is 0 Å².